The van der Waals surface area contributed by atoms with Crippen LogP contribution >= 0.6 is 11.3 Å². The molecule has 1 N–H and O–H groups in total. The Labute approximate surface area is 130 Å². The van der Waals surface area contributed by atoms with Gasteiger partial charge in [-0.05, 0) is 54.8 Å². The molecule has 1 fully saturated rings. The van der Waals surface area contributed by atoms with Gasteiger partial charge in [0.1, 0.15) is 5.82 Å². The molecule has 0 amide bonds. The molecule has 0 aromatic carbocycles. The van der Waals surface area contributed by atoms with E-state index in [0.29, 0.717) is 6.04 Å². The Morgan fingerprint density at radius 2 is 2.24 bits per heavy atom. The number of aromatic nitrogens is 1. The van der Waals surface area contributed by atoms with Crippen molar-refractivity contribution < 1.29 is 0 Å². The molecule has 3 heterocycles. The Balaban J connectivity index is 1.48. The number of pyridine rings is 1. The Kier molecular flexibility index (Phi) is 3.43. The van der Waals surface area contributed by atoms with E-state index in [4.69, 9.17) is 4.98 Å². The fourth-order valence-corrected chi connectivity index (χ4v) is 4.03. The highest BCUT2D eigenvalue weighted by atomic mass is 32.1. The number of thiophene rings is 1. The Morgan fingerprint density at radius 1 is 1.33 bits per heavy atom. The van der Waals surface area contributed by atoms with Crippen LogP contribution in [0, 0.1) is 0 Å². The average molecular weight is 299 g/mol. The lowest BCUT2D eigenvalue weighted by Crippen LogP contribution is -2.33. The van der Waals surface area contributed by atoms with E-state index < -0.39 is 0 Å². The predicted octanol–water partition coefficient (Wildman–Crippen LogP) is 3.52. The zero-order valence-corrected chi connectivity index (χ0v) is 13.2. The average Bonchev–Trinajstić information content (AvgIpc) is 3.21. The molecule has 2 aromatic heterocycles. The van der Waals surface area contributed by atoms with Crippen LogP contribution in [0.3, 0.4) is 0 Å². The van der Waals surface area contributed by atoms with E-state index >= 15 is 0 Å². The van der Waals surface area contributed by atoms with Crippen LogP contribution in [0.2, 0.25) is 0 Å². The highest BCUT2D eigenvalue weighted by Crippen LogP contribution is 2.35. The van der Waals surface area contributed by atoms with E-state index in [2.05, 4.69) is 40.7 Å². The summed E-state index contributed by atoms with van der Waals surface area (Å²) in [5, 5.41) is 5.75. The molecular weight excluding hydrogens is 278 g/mol. The SMILES string of the molecule is CC1c2ccsc2CCN1c1ccc(CNC2CC2)cn1. The first-order valence-corrected chi connectivity index (χ1v) is 8.70. The van der Waals surface area contributed by atoms with E-state index in [-0.39, 0.29) is 0 Å². The van der Waals surface area contributed by atoms with Crippen LogP contribution in [0.1, 0.15) is 41.8 Å². The van der Waals surface area contributed by atoms with Gasteiger partial charge in [-0.15, -0.1) is 11.3 Å². The van der Waals surface area contributed by atoms with Crippen molar-refractivity contribution in [3.8, 4) is 0 Å². The fraction of sp³-hybridized carbons (Fsp3) is 0.471. The Bertz CT molecular complexity index is 615. The molecule has 4 rings (SSSR count). The number of nitrogens with zero attached hydrogens (tertiary/aromatic N) is 2. The Morgan fingerprint density at radius 3 is 3.00 bits per heavy atom. The first-order chi connectivity index (χ1) is 10.3. The van der Waals surface area contributed by atoms with Gasteiger partial charge >= 0.3 is 0 Å². The number of hydrogen-bond donors (Lipinski definition) is 1. The van der Waals surface area contributed by atoms with Gasteiger partial charge in [0, 0.05) is 30.2 Å². The Hall–Kier alpha value is -1.39. The quantitative estimate of drug-likeness (QED) is 0.936. The topological polar surface area (TPSA) is 28.2 Å². The maximum Gasteiger partial charge on any atom is 0.128 e. The fourth-order valence-electron chi connectivity index (χ4n) is 3.06. The molecule has 1 aliphatic carbocycles. The van der Waals surface area contributed by atoms with Gasteiger partial charge in [-0.3, -0.25) is 0 Å². The molecular formula is C17H21N3S. The summed E-state index contributed by atoms with van der Waals surface area (Å²) in [6, 6.07) is 7.85. The van der Waals surface area contributed by atoms with Gasteiger partial charge in [-0.1, -0.05) is 6.07 Å². The van der Waals surface area contributed by atoms with Crippen LogP contribution in [-0.2, 0) is 13.0 Å². The van der Waals surface area contributed by atoms with Gasteiger partial charge in [0.25, 0.3) is 0 Å². The van der Waals surface area contributed by atoms with Crippen molar-refractivity contribution in [2.24, 2.45) is 0 Å². The molecule has 0 bridgehead atoms. The van der Waals surface area contributed by atoms with Crippen LogP contribution in [0.4, 0.5) is 5.82 Å². The predicted molar refractivity (Wildman–Crippen MR) is 87.9 cm³/mol. The largest absolute Gasteiger partial charge is 0.349 e. The lowest BCUT2D eigenvalue weighted by molar-refractivity contribution is 0.624. The van der Waals surface area contributed by atoms with Crippen LogP contribution in [0.15, 0.2) is 29.8 Å². The van der Waals surface area contributed by atoms with Crippen molar-refractivity contribution in [2.75, 3.05) is 11.4 Å². The second-order valence-corrected chi connectivity index (χ2v) is 7.10. The molecule has 2 aromatic rings. The number of rotatable bonds is 4. The zero-order chi connectivity index (χ0) is 14.2. The first-order valence-electron chi connectivity index (χ1n) is 7.82. The summed E-state index contributed by atoms with van der Waals surface area (Å²) in [5.74, 6) is 1.11. The number of nitrogens with one attached hydrogen (secondary N) is 1. The molecule has 1 aliphatic heterocycles. The van der Waals surface area contributed by atoms with Gasteiger partial charge in [0.05, 0.1) is 6.04 Å². The third-order valence-corrected chi connectivity index (χ3v) is 5.55. The second-order valence-electron chi connectivity index (χ2n) is 6.10. The maximum absolute atomic E-state index is 4.70. The van der Waals surface area contributed by atoms with Gasteiger partial charge in [0.15, 0.2) is 0 Å². The van der Waals surface area contributed by atoms with E-state index in [0.717, 1.165) is 31.4 Å². The van der Waals surface area contributed by atoms with E-state index in [1.54, 1.807) is 4.88 Å². The molecule has 0 saturated heterocycles. The molecule has 110 valence electrons. The van der Waals surface area contributed by atoms with E-state index in [9.17, 15) is 0 Å². The summed E-state index contributed by atoms with van der Waals surface area (Å²) in [7, 11) is 0. The van der Waals surface area contributed by atoms with Crippen molar-refractivity contribution in [2.45, 2.75) is 44.8 Å². The number of hydrogen-bond acceptors (Lipinski definition) is 4. The third-order valence-electron chi connectivity index (χ3n) is 4.55. The monoisotopic (exact) mass is 299 g/mol. The molecule has 1 saturated carbocycles. The van der Waals surface area contributed by atoms with Gasteiger partial charge < -0.3 is 10.2 Å². The molecule has 0 radical (unpaired) electrons. The first kappa shape index (κ1) is 13.3. The summed E-state index contributed by atoms with van der Waals surface area (Å²) in [6.45, 7) is 4.30. The van der Waals surface area contributed by atoms with Crippen LogP contribution in [0.5, 0.6) is 0 Å². The molecule has 3 nitrogen and oxygen atoms in total. The summed E-state index contributed by atoms with van der Waals surface area (Å²) >= 11 is 1.89. The summed E-state index contributed by atoms with van der Waals surface area (Å²) in [6.07, 6.45) is 5.84. The summed E-state index contributed by atoms with van der Waals surface area (Å²) in [4.78, 5) is 8.67. The normalized spacial score (nSPS) is 21.4. The van der Waals surface area contributed by atoms with Crippen molar-refractivity contribution in [1.29, 1.82) is 0 Å². The number of anilines is 1. The minimum absolute atomic E-state index is 0.433. The van der Waals surface area contributed by atoms with Crippen LogP contribution < -0.4 is 10.2 Å². The zero-order valence-electron chi connectivity index (χ0n) is 12.4. The lowest BCUT2D eigenvalue weighted by atomic mass is 10.0. The third kappa shape index (κ3) is 2.70. The highest BCUT2D eigenvalue weighted by Gasteiger charge is 2.25. The second kappa shape index (κ2) is 5.43. The molecule has 2 aliphatic rings. The summed E-state index contributed by atoms with van der Waals surface area (Å²) in [5.41, 5.74) is 2.76. The van der Waals surface area contributed by atoms with Gasteiger partial charge in [-0.25, -0.2) is 4.98 Å². The van der Waals surface area contributed by atoms with Crippen molar-refractivity contribution >= 4 is 17.2 Å². The molecule has 21 heavy (non-hydrogen) atoms. The van der Waals surface area contributed by atoms with E-state index in [1.807, 2.05) is 17.5 Å². The lowest BCUT2D eigenvalue weighted by Gasteiger charge is -2.34. The minimum Gasteiger partial charge on any atom is -0.349 e. The van der Waals surface area contributed by atoms with Crippen molar-refractivity contribution in [1.82, 2.24) is 10.3 Å². The molecule has 1 unspecified atom stereocenters. The van der Waals surface area contributed by atoms with Crippen molar-refractivity contribution in [3.05, 3.63) is 45.8 Å². The van der Waals surface area contributed by atoms with E-state index in [1.165, 1.54) is 24.0 Å². The highest BCUT2D eigenvalue weighted by molar-refractivity contribution is 7.10. The molecule has 0 spiro atoms. The summed E-state index contributed by atoms with van der Waals surface area (Å²) < 4.78 is 0. The standard InChI is InChI=1S/C17H21N3S/c1-12-15-7-9-21-16(15)6-8-20(12)17-5-2-13(11-19-17)10-18-14-3-4-14/h2,5,7,9,11-12,14,18H,3-4,6,8,10H2,1H3. The van der Waals surface area contributed by atoms with Gasteiger partial charge in [0.2, 0.25) is 0 Å². The van der Waals surface area contributed by atoms with Crippen LogP contribution in [-0.4, -0.2) is 17.6 Å². The van der Waals surface area contributed by atoms with Gasteiger partial charge in [-0.2, -0.15) is 0 Å². The molecule has 4 heteroatoms. The number of fused-ring (bicyclic) bond motifs is 1. The maximum atomic E-state index is 4.70. The minimum atomic E-state index is 0.433. The van der Waals surface area contributed by atoms with Crippen molar-refractivity contribution in [3.63, 3.8) is 0 Å². The van der Waals surface area contributed by atoms with Crippen LogP contribution in [0.25, 0.3) is 0 Å². The smallest absolute Gasteiger partial charge is 0.128 e. The molecule has 1 atom stereocenters.